The van der Waals surface area contributed by atoms with E-state index in [0.717, 1.165) is 22.6 Å². The zero-order valence-corrected chi connectivity index (χ0v) is 15.0. The molecule has 1 aliphatic rings. The Hall–Kier alpha value is -3.06. The van der Waals surface area contributed by atoms with E-state index in [0.29, 0.717) is 0 Å². The summed E-state index contributed by atoms with van der Waals surface area (Å²) in [6.45, 7) is 3.20. The van der Waals surface area contributed by atoms with Gasteiger partial charge in [0.05, 0.1) is 12.5 Å². The number of ether oxygens (including phenoxy) is 1. The normalized spacial score (nSPS) is 17.3. The third-order valence-corrected chi connectivity index (χ3v) is 4.67. The summed E-state index contributed by atoms with van der Waals surface area (Å²) in [5, 5.41) is 9.71. The number of halogens is 2. The molecular weight excluding hydrogens is 368 g/mol. The van der Waals surface area contributed by atoms with Crippen molar-refractivity contribution < 1.29 is 28.2 Å². The number of imide groups is 1. The number of allylic oxidation sites excluding steroid dienone is 1. The second-order valence-corrected chi connectivity index (χ2v) is 6.52. The molecule has 1 saturated heterocycles. The maximum atomic E-state index is 14.0. The van der Waals surface area contributed by atoms with E-state index in [1.807, 2.05) is 6.07 Å². The lowest BCUT2D eigenvalue weighted by Crippen LogP contribution is -2.40. The molecule has 0 aliphatic carbocycles. The highest BCUT2D eigenvalue weighted by Gasteiger charge is 2.41. The van der Waals surface area contributed by atoms with Crippen molar-refractivity contribution in [1.82, 2.24) is 4.90 Å². The van der Waals surface area contributed by atoms with Crippen LogP contribution in [-0.4, -0.2) is 35.2 Å². The number of carbonyl (C=O) groups is 2. The number of aliphatic hydroxyl groups excluding tert-OH is 1. The number of cyclic esters (lactones) is 1. The summed E-state index contributed by atoms with van der Waals surface area (Å²) in [5.74, 6) is -3.19. The minimum atomic E-state index is -1.02. The summed E-state index contributed by atoms with van der Waals surface area (Å²) in [4.78, 5) is 26.1. The van der Waals surface area contributed by atoms with Gasteiger partial charge in [0.25, 0.3) is 0 Å². The smallest absolute Gasteiger partial charge is 0.417 e. The van der Waals surface area contributed by atoms with Crippen LogP contribution in [0.3, 0.4) is 0 Å². The summed E-state index contributed by atoms with van der Waals surface area (Å²) in [5.41, 5.74) is 0.992. The van der Waals surface area contributed by atoms with Gasteiger partial charge >= 0.3 is 6.09 Å². The van der Waals surface area contributed by atoms with Gasteiger partial charge in [-0.25, -0.2) is 18.5 Å². The molecule has 1 N–H and O–H groups in total. The fourth-order valence-corrected chi connectivity index (χ4v) is 3.20. The van der Waals surface area contributed by atoms with Gasteiger partial charge in [-0.05, 0) is 29.7 Å². The van der Waals surface area contributed by atoms with E-state index in [4.69, 9.17) is 4.74 Å². The Morgan fingerprint density at radius 2 is 1.96 bits per heavy atom. The topological polar surface area (TPSA) is 66.8 Å². The van der Waals surface area contributed by atoms with Crippen LogP contribution in [-0.2, 0) is 9.53 Å². The molecule has 0 spiro atoms. The Morgan fingerprint density at radius 1 is 1.25 bits per heavy atom. The van der Waals surface area contributed by atoms with Gasteiger partial charge in [-0.3, -0.25) is 4.79 Å². The first-order valence-corrected chi connectivity index (χ1v) is 8.71. The average molecular weight is 387 g/mol. The predicted octanol–water partition coefficient (Wildman–Crippen LogP) is 3.70. The lowest BCUT2D eigenvalue weighted by molar-refractivity contribution is -0.134. The Balaban J connectivity index is 1.80. The van der Waals surface area contributed by atoms with E-state index in [-0.39, 0.29) is 24.2 Å². The van der Waals surface area contributed by atoms with E-state index >= 15 is 0 Å². The van der Waals surface area contributed by atoms with Crippen LogP contribution in [0, 0.1) is 17.6 Å². The van der Waals surface area contributed by atoms with Crippen LogP contribution in [0.5, 0.6) is 0 Å². The van der Waals surface area contributed by atoms with Gasteiger partial charge in [0.15, 0.2) is 0 Å². The zero-order chi connectivity index (χ0) is 20.3. The molecule has 0 bridgehead atoms. The quantitative estimate of drug-likeness (QED) is 0.821. The number of hydrogen-bond donors (Lipinski definition) is 1. The fourth-order valence-electron chi connectivity index (χ4n) is 3.20. The van der Waals surface area contributed by atoms with Crippen LogP contribution < -0.4 is 0 Å². The summed E-state index contributed by atoms with van der Waals surface area (Å²) in [6, 6.07) is 11.3. The van der Waals surface area contributed by atoms with Gasteiger partial charge < -0.3 is 9.84 Å². The largest absolute Gasteiger partial charge is 0.446 e. The molecule has 2 amide bonds. The van der Waals surface area contributed by atoms with Gasteiger partial charge in [-0.2, -0.15) is 0 Å². The Morgan fingerprint density at radius 3 is 2.61 bits per heavy atom. The summed E-state index contributed by atoms with van der Waals surface area (Å²) < 4.78 is 32.1. The van der Waals surface area contributed by atoms with Crippen molar-refractivity contribution >= 4 is 17.6 Å². The van der Waals surface area contributed by atoms with Crippen molar-refractivity contribution in [3.8, 4) is 0 Å². The van der Waals surface area contributed by atoms with Crippen LogP contribution >= 0.6 is 0 Å². The molecule has 1 aliphatic heterocycles. The predicted molar refractivity (Wildman–Crippen MR) is 98.0 cm³/mol. The standard InChI is InChI=1S/C21H19F2NO4/c1-13(17-8-7-16(22)10-18(17)23)9-15(11-25)20(26)24-19(12-28-21(24)27)14-5-3-2-4-6-14/h2-8,10,15,19,25H,1,9,11-12H2/t15?,19-/m0/s1. The Kier molecular flexibility index (Phi) is 5.84. The van der Waals surface area contributed by atoms with Crippen molar-refractivity contribution in [3.63, 3.8) is 0 Å². The first-order valence-electron chi connectivity index (χ1n) is 8.71. The molecule has 28 heavy (non-hydrogen) atoms. The number of rotatable bonds is 6. The average Bonchev–Trinajstić information content (AvgIpc) is 3.07. The van der Waals surface area contributed by atoms with E-state index < -0.39 is 42.2 Å². The molecule has 1 fully saturated rings. The van der Waals surface area contributed by atoms with Crippen LogP contribution in [0.15, 0.2) is 55.1 Å². The highest BCUT2D eigenvalue weighted by atomic mass is 19.1. The lowest BCUT2D eigenvalue weighted by atomic mass is 9.93. The molecule has 5 nitrogen and oxygen atoms in total. The summed E-state index contributed by atoms with van der Waals surface area (Å²) in [7, 11) is 0. The van der Waals surface area contributed by atoms with Crippen LogP contribution in [0.4, 0.5) is 13.6 Å². The molecule has 1 heterocycles. The molecule has 2 aromatic rings. The molecule has 146 valence electrons. The molecule has 2 aromatic carbocycles. The van der Waals surface area contributed by atoms with Crippen molar-refractivity contribution in [1.29, 1.82) is 0 Å². The van der Waals surface area contributed by atoms with E-state index in [2.05, 4.69) is 6.58 Å². The van der Waals surface area contributed by atoms with Crippen molar-refractivity contribution in [3.05, 3.63) is 77.9 Å². The minimum Gasteiger partial charge on any atom is -0.446 e. The van der Waals surface area contributed by atoms with Crippen molar-refractivity contribution in [2.24, 2.45) is 5.92 Å². The zero-order valence-electron chi connectivity index (χ0n) is 15.0. The monoisotopic (exact) mass is 387 g/mol. The van der Waals surface area contributed by atoms with Gasteiger partial charge in [-0.15, -0.1) is 0 Å². The number of amides is 2. The Labute approximate surface area is 160 Å². The van der Waals surface area contributed by atoms with Crippen LogP contribution in [0.1, 0.15) is 23.6 Å². The third-order valence-electron chi connectivity index (χ3n) is 4.67. The Bertz CT molecular complexity index is 901. The fraction of sp³-hybridized carbons (Fsp3) is 0.238. The van der Waals surface area contributed by atoms with E-state index in [1.165, 1.54) is 6.07 Å². The number of benzene rings is 2. The highest BCUT2D eigenvalue weighted by Crippen LogP contribution is 2.32. The van der Waals surface area contributed by atoms with Crippen LogP contribution in [0.2, 0.25) is 0 Å². The molecular formula is C21H19F2NO4. The molecule has 0 saturated carbocycles. The number of carbonyl (C=O) groups excluding carboxylic acids is 2. The van der Waals surface area contributed by atoms with Gasteiger partial charge in [0.2, 0.25) is 5.91 Å². The maximum Gasteiger partial charge on any atom is 0.417 e. The van der Waals surface area contributed by atoms with E-state index in [9.17, 15) is 23.5 Å². The van der Waals surface area contributed by atoms with Crippen LogP contribution in [0.25, 0.3) is 5.57 Å². The lowest BCUT2D eigenvalue weighted by Gasteiger charge is -2.24. The van der Waals surface area contributed by atoms with Crippen molar-refractivity contribution in [2.75, 3.05) is 13.2 Å². The van der Waals surface area contributed by atoms with Gasteiger partial charge in [0, 0.05) is 11.6 Å². The maximum absolute atomic E-state index is 14.0. The molecule has 0 aromatic heterocycles. The highest BCUT2D eigenvalue weighted by molar-refractivity contribution is 5.95. The minimum absolute atomic E-state index is 0.0142. The second kappa shape index (κ2) is 8.31. The van der Waals surface area contributed by atoms with Gasteiger partial charge in [-0.1, -0.05) is 36.9 Å². The molecule has 2 atom stereocenters. The third kappa shape index (κ3) is 3.94. The van der Waals surface area contributed by atoms with Gasteiger partial charge in [0.1, 0.15) is 24.3 Å². The molecule has 0 radical (unpaired) electrons. The molecule has 7 heteroatoms. The second-order valence-electron chi connectivity index (χ2n) is 6.52. The van der Waals surface area contributed by atoms with E-state index in [1.54, 1.807) is 24.3 Å². The SMILES string of the molecule is C=C(CC(CO)C(=O)N1C(=O)OC[C@H]1c1ccccc1)c1ccc(F)cc1F. The summed E-state index contributed by atoms with van der Waals surface area (Å²) >= 11 is 0. The first-order chi connectivity index (χ1) is 13.4. The molecule has 1 unspecified atom stereocenters. The first kappa shape index (κ1) is 19.7. The number of hydrogen-bond acceptors (Lipinski definition) is 4. The van der Waals surface area contributed by atoms with Crippen molar-refractivity contribution in [2.45, 2.75) is 12.5 Å². The molecule has 3 rings (SSSR count). The number of nitrogens with zero attached hydrogens (tertiary/aromatic N) is 1. The number of aliphatic hydroxyl groups is 1. The summed E-state index contributed by atoms with van der Waals surface area (Å²) in [6.07, 6.45) is -0.890.